The molecule has 0 aliphatic carbocycles. The zero-order chi connectivity index (χ0) is 26.8. The topological polar surface area (TPSA) is 132 Å². The van der Waals surface area contributed by atoms with Crippen LogP contribution in [0.1, 0.15) is 29.5 Å². The third-order valence-electron chi connectivity index (χ3n) is 5.17. The molecule has 0 saturated carbocycles. The SMILES string of the molecule is COc1cc(C=NNC(=O)CCC(=O)Nc2ccc(C)c(Cl)c2)c([N+](=O)[O-])cc1OCc1ccccc1. The van der Waals surface area contributed by atoms with Crippen LogP contribution in [0.25, 0.3) is 0 Å². The summed E-state index contributed by atoms with van der Waals surface area (Å²) in [5.41, 5.74) is 4.38. The molecule has 0 saturated heterocycles. The van der Waals surface area contributed by atoms with E-state index in [1.807, 2.05) is 37.3 Å². The lowest BCUT2D eigenvalue weighted by Crippen LogP contribution is -2.20. The molecule has 0 fully saturated rings. The normalized spacial score (nSPS) is 10.7. The van der Waals surface area contributed by atoms with Crippen LogP contribution in [0, 0.1) is 17.0 Å². The van der Waals surface area contributed by atoms with Gasteiger partial charge in [-0.25, -0.2) is 5.43 Å². The molecule has 192 valence electrons. The quantitative estimate of drug-likeness (QED) is 0.206. The molecule has 0 radical (unpaired) electrons. The van der Waals surface area contributed by atoms with Crippen LogP contribution < -0.4 is 20.2 Å². The Kier molecular flexibility index (Phi) is 9.56. The van der Waals surface area contributed by atoms with Gasteiger partial charge in [0.1, 0.15) is 6.61 Å². The van der Waals surface area contributed by atoms with Gasteiger partial charge in [0.2, 0.25) is 11.8 Å². The highest BCUT2D eigenvalue weighted by atomic mass is 35.5. The molecular formula is C26H25ClN4O6. The lowest BCUT2D eigenvalue weighted by Gasteiger charge is -2.12. The van der Waals surface area contributed by atoms with Crippen molar-refractivity contribution >= 4 is 41.0 Å². The number of amides is 2. The van der Waals surface area contributed by atoms with Crippen molar-refractivity contribution in [1.29, 1.82) is 0 Å². The minimum Gasteiger partial charge on any atom is -0.493 e. The van der Waals surface area contributed by atoms with Crippen molar-refractivity contribution in [3.8, 4) is 11.5 Å². The van der Waals surface area contributed by atoms with Crippen LogP contribution in [-0.2, 0) is 16.2 Å². The van der Waals surface area contributed by atoms with Gasteiger partial charge in [0.05, 0.1) is 29.9 Å². The Morgan fingerprint density at radius 2 is 1.78 bits per heavy atom. The summed E-state index contributed by atoms with van der Waals surface area (Å²) in [4.78, 5) is 35.2. The molecule has 0 aromatic heterocycles. The number of nitrogens with zero attached hydrogens (tertiary/aromatic N) is 2. The number of benzene rings is 3. The summed E-state index contributed by atoms with van der Waals surface area (Å²) in [7, 11) is 1.41. The van der Waals surface area contributed by atoms with Crippen molar-refractivity contribution < 1.29 is 24.0 Å². The van der Waals surface area contributed by atoms with Crippen molar-refractivity contribution in [2.75, 3.05) is 12.4 Å². The molecule has 0 aliphatic rings. The third kappa shape index (κ3) is 8.04. The Morgan fingerprint density at radius 3 is 2.46 bits per heavy atom. The molecule has 0 aliphatic heterocycles. The molecule has 3 aromatic rings. The number of nitro benzene ring substituents is 1. The van der Waals surface area contributed by atoms with Crippen LogP contribution in [0.4, 0.5) is 11.4 Å². The Hall–Kier alpha value is -4.44. The summed E-state index contributed by atoms with van der Waals surface area (Å²) in [6.07, 6.45) is 0.905. The van der Waals surface area contributed by atoms with E-state index in [9.17, 15) is 19.7 Å². The molecule has 3 rings (SSSR count). The smallest absolute Gasteiger partial charge is 0.282 e. The van der Waals surface area contributed by atoms with Crippen molar-refractivity contribution in [2.45, 2.75) is 26.4 Å². The first kappa shape index (κ1) is 27.2. The highest BCUT2D eigenvalue weighted by Gasteiger charge is 2.19. The second-order valence-corrected chi connectivity index (χ2v) is 8.31. The number of nitrogens with one attached hydrogen (secondary N) is 2. The van der Waals surface area contributed by atoms with Crippen LogP contribution in [0.2, 0.25) is 5.02 Å². The van der Waals surface area contributed by atoms with Crippen LogP contribution in [0.5, 0.6) is 11.5 Å². The van der Waals surface area contributed by atoms with E-state index in [2.05, 4.69) is 15.8 Å². The maximum atomic E-state index is 12.1. The maximum Gasteiger partial charge on any atom is 0.282 e. The lowest BCUT2D eigenvalue weighted by molar-refractivity contribution is -0.385. The minimum atomic E-state index is -0.584. The molecule has 2 N–H and O–H groups in total. The summed E-state index contributed by atoms with van der Waals surface area (Å²) in [5.74, 6) is -0.446. The standard InChI is InChI=1S/C26H25ClN4O6/c1-17-8-9-20(13-21(17)27)29-25(32)10-11-26(33)30-28-15-19-12-23(36-2)24(14-22(19)31(34)35)37-16-18-6-4-3-5-7-18/h3-9,12-15H,10-11,16H2,1-2H3,(H,29,32)(H,30,33). The minimum absolute atomic E-state index is 0.0890. The number of carbonyl (C=O) groups excluding carboxylic acids is 2. The van der Waals surface area contributed by atoms with E-state index in [1.165, 1.54) is 19.2 Å². The summed E-state index contributed by atoms with van der Waals surface area (Å²) in [5, 5.41) is 18.6. The summed E-state index contributed by atoms with van der Waals surface area (Å²) < 4.78 is 11.0. The predicted octanol–water partition coefficient (Wildman–Crippen LogP) is 5.01. The number of hydrogen-bond acceptors (Lipinski definition) is 7. The molecule has 0 spiro atoms. The fraction of sp³-hybridized carbons (Fsp3) is 0.192. The van der Waals surface area contributed by atoms with Gasteiger partial charge in [-0.15, -0.1) is 0 Å². The largest absolute Gasteiger partial charge is 0.493 e. The summed E-state index contributed by atoms with van der Waals surface area (Å²) >= 11 is 6.04. The first-order chi connectivity index (χ1) is 17.8. The molecule has 0 unspecified atom stereocenters. The molecule has 0 bridgehead atoms. The van der Waals surface area contributed by atoms with Gasteiger partial charge in [0.25, 0.3) is 5.69 Å². The number of rotatable bonds is 11. The number of ether oxygens (including phenoxy) is 2. The van der Waals surface area contributed by atoms with Crippen LogP contribution in [0.15, 0.2) is 65.8 Å². The summed E-state index contributed by atoms with van der Waals surface area (Å²) in [6, 6.07) is 17.1. The van der Waals surface area contributed by atoms with E-state index in [0.717, 1.165) is 17.3 Å². The molecule has 2 amide bonds. The molecule has 37 heavy (non-hydrogen) atoms. The zero-order valence-corrected chi connectivity index (χ0v) is 20.9. The fourth-order valence-corrected chi connectivity index (χ4v) is 3.37. The number of nitro groups is 1. The van der Waals surface area contributed by atoms with E-state index in [0.29, 0.717) is 10.7 Å². The van der Waals surface area contributed by atoms with Gasteiger partial charge in [-0.3, -0.25) is 19.7 Å². The predicted molar refractivity (Wildman–Crippen MR) is 140 cm³/mol. The van der Waals surface area contributed by atoms with Gasteiger partial charge in [-0.05, 0) is 36.2 Å². The van der Waals surface area contributed by atoms with E-state index < -0.39 is 10.8 Å². The number of hydrazone groups is 1. The van der Waals surface area contributed by atoms with Crippen molar-refractivity contribution in [2.24, 2.45) is 5.10 Å². The number of halogens is 1. The summed E-state index contributed by atoms with van der Waals surface area (Å²) in [6.45, 7) is 2.04. The second kappa shape index (κ2) is 13.0. The van der Waals surface area contributed by atoms with Gasteiger partial charge in [0, 0.05) is 23.6 Å². The number of hydrogen-bond donors (Lipinski definition) is 2. The Labute approximate surface area is 218 Å². The zero-order valence-electron chi connectivity index (χ0n) is 20.2. The molecule has 3 aromatic carbocycles. The Balaban J connectivity index is 1.59. The van der Waals surface area contributed by atoms with Gasteiger partial charge in [0.15, 0.2) is 11.5 Å². The lowest BCUT2D eigenvalue weighted by atomic mass is 10.1. The van der Waals surface area contributed by atoms with Crippen molar-refractivity contribution in [3.63, 3.8) is 0 Å². The number of carbonyl (C=O) groups is 2. The molecule has 0 atom stereocenters. The van der Waals surface area contributed by atoms with E-state index in [-0.39, 0.29) is 48.1 Å². The first-order valence-corrected chi connectivity index (χ1v) is 11.6. The van der Waals surface area contributed by atoms with E-state index >= 15 is 0 Å². The third-order valence-corrected chi connectivity index (χ3v) is 5.58. The van der Waals surface area contributed by atoms with Crippen LogP contribution >= 0.6 is 11.6 Å². The van der Waals surface area contributed by atoms with Crippen LogP contribution in [-0.4, -0.2) is 30.1 Å². The maximum absolute atomic E-state index is 12.1. The van der Waals surface area contributed by atoms with Gasteiger partial charge < -0.3 is 14.8 Å². The Morgan fingerprint density at radius 1 is 1.05 bits per heavy atom. The number of anilines is 1. The monoisotopic (exact) mass is 524 g/mol. The average Bonchev–Trinajstić information content (AvgIpc) is 2.89. The van der Waals surface area contributed by atoms with Gasteiger partial charge >= 0.3 is 0 Å². The van der Waals surface area contributed by atoms with E-state index in [1.54, 1.807) is 18.2 Å². The number of aryl methyl sites for hydroxylation is 1. The molecule has 11 heteroatoms. The van der Waals surface area contributed by atoms with Crippen molar-refractivity contribution in [3.05, 3.63) is 92.5 Å². The van der Waals surface area contributed by atoms with Gasteiger partial charge in [-0.2, -0.15) is 5.10 Å². The first-order valence-electron chi connectivity index (χ1n) is 11.2. The fourth-order valence-electron chi connectivity index (χ4n) is 3.18. The average molecular weight is 525 g/mol. The molecular weight excluding hydrogens is 500 g/mol. The van der Waals surface area contributed by atoms with Gasteiger partial charge in [-0.1, -0.05) is 48.0 Å². The highest BCUT2D eigenvalue weighted by molar-refractivity contribution is 6.31. The second-order valence-electron chi connectivity index (χ2n) is 7.90. The molecule has 0 heterocycles. The van der Waals surface area contributed by atoms with E-state index in [4.69, 9.17) is 21.1 Å². The Bertz CT molecular complexity index is 1310. The number of methoxy groups -OCH3 is 1. The van der Waals surface area contributed by atoms with Crippen LogP contribution in [0.3, 0.4) is 0 Å². The van der Waals surface area contributed by atoms with Crippen molar-refractivity contribution in [1.82, 2.24) is 5.43 Å². The highest BCUT2D eigenvalue weighted by Crippen LogP contribution is 2.34. The molecule has 10 nitrogen and oxygen atoms in total.